The van der Waals surface area contributed by atoms with Crippen molar-refractivity contribution in [2.75, 3.05) is 4.31 Å². The number of sulfonamides is 1. The minimum absolute atomic E-state index is 0.00933. The third-order valence-corrected chi connectivity index (χ3v) is 8.29. The molecule has 5 rings (SSSR count). The van der Waals surface area contributed by atoms with Crippen LogP contribution >= 0.6 is 23.2 Å². The van der Waals surface area contributed by atoms with Crippen LogP contribution in [-0.4, -0.2) is 13.0 Å². The van der Waals surface area contributed by atoms with Gasteiger partial charge in [-0.3, -0.25) is 9.36 Å². The topological polar surface area (TPSA) is 83.2 Å². The molecule has 1 aliphatic heterocycles. The van der Waals surface area contributed by atoms with Gasteiger partial charge >= 0.3 is 0 Å². The zero-order valence-electron chi connectivity index (χ0n) is 18.0. The Morgan fingerprint density at radius 3 is 1.83 bits per heavy atom. The highest BCUT2D eigenvalue weighted by Crippen LogP contribution is 2.49. The lowest BCUT2D eigenvalue weighted by Crippen LogP contribution is -2.33. The number of fused-ring (bicyclic) bond motifs is 1. The minimum Gasteiger partial charge on any atom is -0.284 e. The molecule has 0 amide bonds. The highest BCUT2D eigenvalue weighted by Gasteiger charge is 2.46. The van der Waals surface area contributed by atoms with Gasteiger partial charge in [-0.25, -0.2) is 12.7 Å². The van der Waals surface area contributed by atoms with Crippen LogP contribution in [0.1, 0.15) is 28.8 Å². The number of nitriles is 1. The molecule has 3 aromatic carbocycles. The van der Waals surface area contributed by atoms with E-state index in [1.807, 2.05) is 6.07 Å². The molecular formula is C26H17Cl2N3O3S. The van der Waals surface area contributed by atoms with E-state index in [1.165, 1.54) is 39.2 Å². The summed E-state index contributed by atoms with van der Waals surface area (Å²) in [5.41, 5.74) is 1.39. The first-order chi connectivity index (χ1) is 16.8. The van der Waals surface area contributed by atoms with Crippen LogP contribution in [0, 0.1) is 11.3 Å². The minimum atomic E-state index is -4.15. The maximum atomic E-state index is 14.1. The molecule has 1 aromatic heterocycles. The average molecular weight is 522 g/mol. The molecule has 0 fully saturated rings. The molecule has 0 saturated heterocycles. The molecule has 6 nitrogen and oxygen atoms in total. The summed E-state index contributed by atoms with van der Waals surface area (Å²) in [4.78, 5) is 13.2. The van der Waals surface area contributed by atoms with Gasteiger partial charge in [-0.2, -0.15) is 5.26 Å². The molecular weight excluding hydrogens is 505 g/mol. The Labute approximate surface area is 212 Å². The van der Waals surface area contributed by atoms with E-state index >= 15 is 0 Å². The summed E-state index contributed by atoms with van der Waals surface area (Å²) in [7, 11) is -4.15. The van der Waals surface area contributed by atoms with Gasteiger partial charge in [0.2, 0.25) is 0 Å². The Morgan fingerprint density at radius 1 is 0.743 bits per heavy atom. The highest BCUT2D eigenvalue weighted by atomic mass is 35.5. The Morgan fingerprint density at radius 2 is 1.29 bits per heavy atom. The van der Waals surface area contributed by atoms with Crippen LogP contribution in [0.25, 0.3) is 0 Å². The van der Waals surface area contributed by atoms with Crippen molar-refractivity contribution < 1.29 is 8.42 Å². The highest BCUT2D eigenvalue weighted by molar-refractivity contribution is 7.92. The van der Waals surface area contributed by atoms with Crippen molar-refractivity contribution >= 4 is 39.0 Å². The van der Waals surface area contributed by atoms with Gasteiger partial charge in [0.1, 0.15) is 5.82 Å². The summed E-state index contributed by atoms with van der Waals surface area (Å²) in [5, 5.41) is 10.2. The van der Waals surface area contributed by atoms with E-state index in [1.54, 1.807) is 60.7 Å². The molecule has 9 heteroatoms. The number of halogens is 2. The Hall–Kier alpha value is -3.57. The number of nitrogens with zero attached hydrogens (tertiary/aromatic N) is 3. The predicted octanol–water partition coefficient (Wildman–Crippen LogP) is 5.57. The van der Waals surface area contributed by atoms with E-state index in [4.69, 9.17) is 28.5 Å². The normalized spacial score (nSPS) is 17.1. The van der Waals surface area contributed by atoms with Crippen LogP contribution in [0.3, 0.4) is 0 Å². The second-order valence-electron chi connectivity index (χ2n) is 8.02. The summed E-state index contributed by atoms with van der Waals surface area (Å²) in [5.74, 6) is 0.238. The molecule has 0 saturated carbocycles. The number of pyridine rings is 1. The van der Waals surface area contributed by atoms with E-state index in [0.29, 0.717) is 21.2 Å². The Kier molecular flexibility index (Phi) is 5.89. The van der Waals surface area contributed by atoms with Gasteiger partial charge < -0.3 is 0 Å². The smallest absolute Gasteiger partial charge is 0.266 e. The van der Waals surface area contributed by atoms with Crippen LogP contribution in [0.4, 0.5) is 5.82 Å². The van der Waals surface area contributed by atoms with Crippen molar-refractivity contribution in [3.63, 3.8) is 0 Å². The van der Waals surface area contributed by atoms with Gasteiger partial charge in [0.25, 0.3) is 15.6 Å². The van der Waals surface area contributed by atoms with E-state index in [9.17, 15) is 13.2 Å². The zero-order valence-corrected chi connectivity index (χ0v) is 20.4. The first-order valence-corrected chi connectivity index (χ1v) is 12.8. The van der Waals surface area contributed by atoms with Gasteiger partial charge in [-0.15, -0.1) is 0 Å². The third-order valence-electron chi connectivity index (χ3n) is 5.99. The van der Waals surface area contributed by atoms with Crippen molar-refractivity contribution in [1.29, 1.82) is 5.26 Å². The van der Waals surface area contributed by atoms with Crippen molar-refractivity contribution in [3.8, 4) is 6.07 Å². The monoisotopic (exact) mass is 521 g/mol. The van der Waals surface area contributed by atoms with Crippen LogP contribution in [0.5, 0.6) is 0 Å². The molecule has 0 N–H and O–H groups in total. The fourth-order valence-corrected chi connectivity index (χ4v) is 6.31. The molecule has 174 valence electrons. The number of aromatic nitrogens is 1. The standard InChI is InChI=1S/C26H17Cl2N3O3S/c27-20-10-6-18(7-11-20)25-26(19-8-12-21(28)13-9-19)31(23-2-1-3-24(32)30(23)25)35(33,34)22-14-4-17(16-29)5-15-22/h1-15,25-26H/t25-,26+/m1/s1. The molecule has 35 heavy (non-hydrogen) atoms. The van der Waals surface area contributed by atoms with Crippen molar-refractivity contribution in [3.05, 3.63) is 128 Å². The van der Waals surface area contributed by atoms with Gasteiger partial charge in [0, 0.05) is 16.1 Å². The molecule has 1 aliphatic rings. The van der Waals surface area contributed by atoms with Gasteiger partial charge in [0.15, 0.2) is 0 Å². The lowest BCUT2D eigenvalue weighted by molar-refractivity contribution is 0.529. The van der Waals surface area contributed by atoms with Crippen molar-refractivity contribution in [2.24, 2.45) is 0 Å². The Balaban J connectivity index is 1.79. The number of anilines is 1. The summed E-state index contributed by atoms with van der Waals surface area (Å²) >= 11 is 12.2. The lowest BCUT2D eigenvalue weighted by Gasteiger charge is -2.29. The molecule has 0 spiro atoms. The SMILES string of the molecule is N#Cc1ccc(S(=O)(=O)N2c3cccc(=O)n3[C@H](c3ccc(Cl)cc3)[C@@H]2c2ccc(Cl)cc2)cc1. The average Bonchev–Trinajstić information content (AvgIpc) is 3.22. The van der Waals surface area contributed by atoms with Crippen molar-refractivity contribution in [1.82, 2.24) is 4.57 Å². The third kappa shape index (κ3) is 4.00. The van der Waals surface area contributed by atoms with Crippen molar-refractivity contribution in [2.45, 2.75) is 17.0 Å². The fraction of sp³-hybridized carbons (Fsp3) is 0.0769. The predicted molar refractivity (Wildman–Crippen MR) is 135 cm³/mol. The lowest BCUT2D eigenvalue weighted by atomic mass is 9.94. The molecule has 4 aromatic rings. The molecule has 0 unspecified atom stereocenters. The Bertz CT molecular complexity index is 1610. The van der Waals surface area contributed by atoms with E-state index < -0.39 is 22.1 Å². The molecule has 2 heterocycles. The molecule has 2 atom stereocenters. The molecule has 0 aliphatic carbocycles. The maximum Gasteiger partial charge on any atom is 0.266 e. The summed E-state index contributed by atoms with van der Waals surface area (Å²) in [6, 6.07) is 24.7. The van der Waals surface area contributed by atoms with Gasteiger partial charge in [-0.1, -0.05) is 53.5 Å². The first-order valence-electron chi connectivity index (χ1n) is 10.6. The van der Waals surface area contributed by atoms with E-state index in [-0.39, 0.29) is 16.3 Å². The van der Waals surface area contributed by atoms with E-state index in [0.717, 1.165) is 5.56 Å². The van der Waals surface area contributed by atoms with Gasteiger partial charge in [0.05, 0.1) is 28.6 Å². The summed E-state index contributed by atoms with van der Waals surface area (Å²) in [6.45, 7) is 0. The second-order valence-corrected chi connectivity index (χ2v) is 10.7. The molecule has 0 bridgehead atoms. The van der Waals surface area contributed by atoms with Gasteiger partial charge in [-0.05, 0) is 65.7 Å². The quantitative estimate of drug-likeness (QED) is 0.351. The maximum absolute atomic E-state index is 14.1. The number of benzene rings is 3. The zero-order chi connectivity index (χ0) is 24.7. The fourth-order valence-electron chi connectivity index (χ4n) is 4.42. The molecule has 0 radical (unpaired) electrons. The number of hydrogen-bond donors (Lipinski definition) is 0. The number of rotatable bonds is 4. The number of hydrogen-bond acceptors (Lipinski definition) is 4. The van der Waals surface area contributed by atoms with Crippen LogP contribution in [0.2, 0.25) is 10.0 Å². The van der Waals surface area contributed by atoms with Crippen LogP contribution in [-0.2, 0) is 10.0 Å². The first kappa shape index (κ1) is 23.2. The largest absolute Gasteiger partial charge is 0.284 e. The van der Waals surface area contributed by atoms with Crippen LogP contribution in [0.15, 0.2) is 101 Å². The second kappa shape index (κ2) is 8.90. The summed E-state index contributed by atoms with van der Waals surface area (Å²) < 4.78 is 30.9. The van der Waals surface area contributed by atoms with Crippen LogP contribution < -0.4 is 9.86 Å². The van der Waals surface area contributed by atoms with E-state index in [2.05, 4.69) is 0 Å². The summed E-state index contributed by atoms with van der Waals surface area (Å²) in [6.07, 6.45) is 0.